The quantitative estimate of drug-likeness (QED) is 0.542. The van der Waals surface area contributed by atoms with E-state index in [4.69, 9.17) is 0 Å². The van der Waals surface area contributed by atoms with Gasteiger partial charge in [-0.3, -0.25) is 4.79 Å². The number of allylic oxidation sites excluding steroid dienone is 2. The second-order valence-electron chi connectivity index (χ2n) is 7.86. The second kappa shape index (κ2) is 7.53. The number of para-hydroxylation sites is 1. The summed E-state index contributed by atoms with van der Waals surface area (Å²) in [6.07, 6.45) is 5.69. The van der Waals surface area contributed by atoms with E-state index < -0.39 is 0 Å². The fourth-order valence-corrected chi connectivity index (χ4v) is 5.59. The van der Waals surface area contributed by atoms with Crippen LogP contribution in [0.5, 0.6) is 0 Å². The Hall–Kier alpha value is -2.85. The summed E-state index contributed by atoms with van der Waals surface area (Å²) >= 11 is 1.85. The molecule has 146 valence electrons. The molecule has 3 aromatic rings. The molecule has 0 spiro atoms. The third-order valence-corrected chi connectivity index (χ3v) is 7.09. The molecule has 2 heterocycles. The van der Waals surface area contributed by atoms with Crippen LogP contribution in [0.15, 0.2) is 72.8 Å². The lowest BCUT2D eigenvalue weighted by atomic mass is 9.78. The monoisotopic (exact) mass is 400 g/mol. The summed E-state index contributed by atoms with van der Waals surface area (Å²) < 4.78 is 0. The maximum absolute atomic E-state index is 13.1. The molecule has 5 rings (SSSR count). The number of benzene rings is 2. The summed E-state index contributed by atoms with van der Waals surface area (Å²) in [6.45, 7) is 2.68. The lowest BCUT2D eigenvalue weighted by Gasteiger charge is -2.37. The van der Waals surface area contributed by atoms with Gasteiger partial charge in [0.1, 0.15) is 0 Å². The van der Waals surface area contributed by atoms with Gasteiger partial charge in [-0.25, -0.2) is 0 Å². The van der Waals surface area contributed by atoms with Gasteiger partial charge in [-0.05, 0) is 48.6 Å². The van der Waals surface area contributed by atoms with E-state index in [0.717, 1.165) is 23.2 Å². The minimum absolute atomic E-state index is 0.0280. The maximum atomic E-state index is 13.1. The van der Waals surface area contributed by atoms with Gasteiger partial charge in [-0.15, -0.1) is 11.3 Å². The molecule has 2 N–H and O–H groups in total. The molecule has 2 aliphatic rings. The molecule has 2 aromatic carbocycles. The molecule has 0 fully saturated rings. The number of aryl methyl sites for hydroxylation is 1. The van der Waals surface area contributed by atoms with Crippen molar-refractivity contribution in [2.45, 2.75) is 31.8 Å². The number of carbonyl (C=O) groups is 1. The zero-order chi connectivity index (χ0) is 19.8. The Morgan fingerprint density at radius 2 is 1.97 bits per heavy atom. The highest BCUT2D eigenvalue weighted by Crippen LogP contribution is 2.51. The average molecular weight is 401 g/mol. The summed E-state index contributed by atoms with van der Waals surface area (Å²) in [6, 6.07) is 20.8. The number of nitrogens with one attached hydrogen (secondary N) is 2. The molecule has 0 radical (unpaired) electrons. The summed E-state index contributed by atoms with van der Waals surface area (Å²) in [4.78, 5) is 15.7. The first-order valence-corrected chi connectivity index (χ1v) is 11.0. The Bertz CT molecular complexity index is 1070. The minimum Gasteiger partial charge on any atom is -0.376 e. The van der Waals surface area contributed by atoms with E-state index in [9.17, 15) is 4.79 Å². The van der Waals surface area contributed by atoms with Crippen LogP contribution in [-0.2, 0) is 6.54 Å². The molecule has 0 saturated carbocycles. The molecule has 3 atom stereocenters. The maximum Gasteiger partial charge on any atom is 0.253 e. The van der Waals surface area contributed by atoms with Crippen LogP contribution >= 0.6 is 11.3 Å². The van der Waals surface area contributed by atoms with Crippen molar-refractivity contribution in [1.29, 1.82) is 0 Å². The summed E-state index contributed by atoms with van der Waals surface area (Å²) in [7, 11) is 0. The average Bonchev–Trinajstić information content (AvgIpc) is 3.41. The molecule has 0 bridgehead atoms. The first-order valence-electron chi connectivity index (χ1n) is 10.2. The molecular weight excluding hydrogens is 376 g/mol. The summed E-state index contributed by atoms with van der Waals surface area (Å²) in [5, 5.41) is 6.84. The molecule has 3 unspecified atom stereocenters. The van der Waals surface area contributed by atoms with Crippen molar-refractivity contribution in [3.05, 3.63) is 99.3 Å². The zero-order valence-corrected chi connectivity index (χ0v) is 17.2. The topological polar surface area (TPSA) is 41.1 Å². The van der Waals surface area contributed by atoms with Gasteiger partial charge < -0.3 is 10.6 Å². The van der Waals surface area contributed by atoms with Crippen LogP contribution in [0.2, 0.25) is 0 Å². The van der Waals surface area contributed by atoms with Crippen molar-refractivity contribution in [1.82, 2.24) is 5.32 Å². The number of carbonyl (C=O) groups excluding carboxylic acids is 1. The van der Waals surface area contributed by atoms with Gasteiger partial charge in [0.05, 0.1) is 17.3 Å². The van der Waals surface area contributed by atoms with E-state index in [1.807, 2.05) is 53.8 Å². The molecular formula is C25H24N2OS. The number of hydrogen-bond acceptors (Lipinski definition) is 3. The second-order valence-corrected chi connectivity index (χ2v) is 9.18. The molecule has 0 saturated heterocycles. The molecule has 1 amide bonds. The van der Waals surface area contributed by atoms with Gasteiger partial charge in [0, 0.05) is 22.2 Å². The van der Waals surface area contributed by atoms with Crippen molar-refractivity contribution >= 4 is 22.9 Å². The number of rotatable bonds is 4. The molecule has 1 aromatic heterocycles. The molecule has 1 aliphatic carbocycles. The molecule has 4 heteroatoms. The predicted octanol–water partition coefficient (Wildman–Crippen LogP) is 5.81. The summed E-state index contributed by atoms with van der Waals surface area (Å²) in [5.74, 6) is 0.837. The van der Waals surface area contributed by atoms with Crippen molar-refractivity contribution < 1.29 is 4.79 Å². The normalized spacial score (nSPS) is 21.9. The number of thiophene rings is 1. The smallest absolute Gasteiger partial charge is 0.253 e. The van der Waals surface area contributed by atoms with Gasteiger partial charge >= 0.3 is 0 Å². The standard InChI is InChI=1S/C25H24N2OS/c1-16-13-14-22(29-16)24-20-11-5-9-18(20)19-10-6-12-21(23(19)27-24)25(28)26-15-17-7-3-2-4-8-17/h2-10,12-14,18,20,24,27H,11,15H2,1H3,(H,26,28). The largest absolute Gasteiger partial charge is 0.376 e. The van der Waals surface area contributed by atoms with Gasteiger partial charge in [0.15, 0.2) is 0 Å². The van der Waals surface area contributed by atoms with Crippen LogP contribution in [0, 0.1) is 12.8 Å². The lowest BCUT2D eigenvalue weighted by Crippen LogP contribution is -2.31. The fourth-order valence-electron chi connectivity index (χ4n) is 4.59. The number of fused-ring (bicyclic) bond motifs is 3. The van der Waals surface area contributed by atoms with Crippen LogP contribution in [0.1, 0.15) is 49.6 Å². The van der Waals surface area contributed by atoms with Crippen molar-refractivity contribution in [2.75, 3.05) is 5.32 Å². The third-order valence-electron chi connectivity index (χ3n) is 6.00. The Morgan fingerprint density at radius 3 is 2.76 bits per heavy atom. The van der Waals surface area contributed by atoms with Crippen LogP contribution in [0.4, 0.5) is 5.69 Å². The van der Waals surface area contributed by atoms with E-state index in [1.165, 1.54) is 15.3 Å². The Balaban J connectivity index is 1.46. The van der Waals surface area contributed by atoms with Gasteiger partial charge in [0.2, 0.25) is 0 Å². The van der Waals surface area contributed by atoms with Gasteiger partial charge in [-0.1, -0.05) is 54.6 Å². The van der Waals surface area contributed by atoms with Gasteiger partial charge in [-0.2, -0.15) is 0 Å². The van der Waals surface area contributed by atoms with Crippen molar-refractivity contribution in [3.8, 4) is 0 Å². The molecule has 3 nitrogen and oxygen atoms in total. The highest BCUT2D eigenvalue weighted by molar-refractivity contribution is 7.12. The first kappa shape index (κ1) is 18.2. The van der Waals surface area contributed by atoms with Crippen LogP contribution < -0.4 is 10.6 Å². The van der Waals surface area contributed by atoms with Crippen molar-refractivity contribution in [2.24, 2.45) is 5.92 Å². The number of amides is 1. The highest BCUT2D eigenvalue weighted by atomic mass is 32.1. The van der Waals surface area contributed by atoms with Crippen LogP contribution in [0.25, 0.3) is 0 Å². The van der Waals surface area contributed by atoms with Crippen LogP contribution in [0.3, 0.4) is 0 Å². The lowest BCUT2D eigenvalue weighted by molar-refractivity contribution is 0.0951. The molecule has 1 aliphatic heterocycles. The number of anilines is 1. The zero-order valence-electron chi connectivity index (χ0n) is 16.4. The van der Waals surface area contributed by atoms with E-state index in [2.05, 4.69) is 47.9 Å². The fraction of sp³-hybridized carbons (Fsp3) is 0.240. The van der Waals surface area contributed by atoms with Gasteiger partial charge in [0.25, 0.3) is 5.91 Å². The highest BCUT2D eigenvalue weighted by Gasteiger charge is 2.39. The van der Waals surface area contributed by atoms with E-state index in [-0.39, 0.29) is 11.9 Å². The predicted molar refractivity (Wildman–Crippen MR) is 119 cm³/mol. The molecule has 29 heavy (non-hydrogen) atoms. The van der Waals surface area contributed by atoms with Crippen molar-refractivity contribution in [3.63, 3.8) is 0 Å². The van der Waals surface area contributed by atoms with Crippen LogP contribution in [-0.4, -0.2) is 5.91 Å². The van der Waals surface area contributed by atoms with E-state index in [0.29, 0.717) is 18.4 Å². The Labute approximate surface area is 175 Å². The number of hydrogen-bond donors (Lipinski definition) is 2. The SMILES string of the molecule is Cc1ccc(C2Nc3c(C(=O)NCc4ccccc4)cccc3C3C=CCC32)s1. The first-order chi connectivity index (χ1) is 14.2. The summed E-state index contributed by atoms with van der Waals surface area (Å²) in [5.41, 5.74) is 4.06. The Morgan fingerprint density at radius 1 is 1.10 bits per heavy atom. The van der Waals surface area contributed by atoms with E-state index in [1.54, 1.807) is 0 Å². The van der Waals surface area contributed by atoms with E-state index >= 15 is 0 Å². The Kier molecular flexibility index (Phi) is 4.72. The third kappa shape index (κ3) is 3.38. The minimum atomic E-state index is -0.0280.